The number of amides is 1. The fraction of sp³-hybridized carbons (Fsp3) is 0.562. The first-order valence-electron chi connectivity index (χ1n) is 7.29. The minimum absolute atomic E-state index is 0. The van der Waals surface area contributed by atoms with E-state index in [9.17, 15) is 4.79 Å². The smallest absolute Gasteiger partial charge is 0.224 e. The Bertz CT molecular complexity index is 442. The second-order valence-corrected chi connectivity index (χ2v) is 5.44. The second-order valence-electron chi connectivity index (χ2n) is 5.44. The first kappa shape index (κ1) is 17.0. The van der Waals surface area contributed by atoms with Crippen LogP contribution < -0.4 is 10.6 Å². The Kier molecular flexibility index (Phi) is 7.03. The number of aryl methyl sites for hydroxylation is 2. The summed E-state index contributed by atoms with van der Waals surface area (Å²) in [6.45, 7) is 6.42. The van der Waals surface area contributed by atoms with Crippen molar-refractivity contribution >= 4 is 24.0 Å². The predicted octanol–water partition coefficient (Wildman–Crippen LogP) is 3.31. The third kappa shape index (κ3) is 4.80. The summed E-state index contributed by atoms with van der Waals surface area (Å²) < 4.78 is 0. The van der Waals surface area contributed by atoms with Crippen LogP contribution in [0.15, 0.2) is 18.2 Å². The average Bonchev–Trinajstić information content (AvgIpc) is 2.92. The minimum atomic E-state index is 0. The van der Waals surface area contributed by atoms with Crippen molar-refractivity contribution in [1.82, 2.24) is 5.32 Å². The Balaban J connectivity index is 0.00000200. The molecule has 1 aromatic rings. The maximum atomic E-state index is 11.9. The molecule has 1 heterocycles. The highest BCUT2D eigenvalue weighted by molar-refractivity contribution is 5.90. The van der Waals surface area contributed by atoms with Crippen LogP contribution in [-0.4, -0.2) is 19.0 Å². The third-order valence-electron chi connectivity index (χ3n) is 3.96. The molecule has 4 heteroatoms. The number of carbonyl (C=O) groups excluding carboxylic acids is 1. The lowest BCUT2D eigenvalue weighted by Gasteiger charge is -2.10. The van der Waals surface area contributed by atoms with Crippen LogP contribution in [-0.2, 0) is 11.2 Å². The minimum Gasteiger partial charge on any atom is -0.326 e. The van der Waals surface area contributed by atoms with Crippen molar-refractivity contribution in [1.29, 1.82) is 0 Å². The average molecular weight is 297 g/mol. The number of hydrogen-bond acceptors (Lipinski definition) is 2. The number of halogens is 1. The van der Waals surface area contributed by atoms with Crippen LogP contribution in [0.1, 0.15) is 37.3 Å². The van der Waals surface area contributed by atoms with Crippen LogP contribution in [0.5, 0.6) is 0 Å². The zero-order valence-corrected chi connectivity index (χ0v) is 13.2. The van der Waals surface area contributed by atoms with E-state index >= 15 is 0 Å². The normalized spacial score (nSPS) is 17.6. The van der Waals surface area contributed by atoms with Crippen LogP contribution in [0, 0.1) is 12.8 Å². The lowest BCUT2D eigenvalue weighted by atomic mass is 10.0. The molecule has 0 aliphatic carbocycles. The highest BCUT2D eigenvalue weighted by Gasteiger charge is 2.15. The van der Waals surface area contributed by atoms with Gasteiger partial charge in [-0.25, -0.2) is 0 Å². The van der Waals surface area contributed by atoms with Crippen molar-refractivity contribution in [2.75, 3.05) is 18.4 Å². The van der Waals surface area contributed by atoms with E-state index in [1.807, 2.05) is 6.07 Å². The number of benzene rings is 1. The molecule has 2 rings (SSSR count). The summed E-state index contributed by atoms with van der Waals surface area (Å²) in [6.07, 6.45) is 3.83. The van der Waals surface area contributed by atoms with E-state index in [1.165, 1.54) is 17.5 Å². The van der Waals surface area contributed by atoms with Gasteiger partial charge in [-0.15, -0.1) is 12.4 Å². The molecule has 20 heavy (non-hydrogen) atoms. The molecule has 1 aliphatic heterocycles. The lowest BCUT2D eigenvalue weighted by Crippen LogP contribution is -2.15. The van der Waals surface area contributed by atoms with Gasteiger partial charge in [0.05, 0.1) is 0 Å². The lowest BCUT2D eigenvalue weighted by molar-refractivity contribution is -0.116. The molecule has 1 fully saturated rings. The topological polar surface area (TPSA) is 41.1 Å². The summed E-state index contributed by atoms with van der Waals surface area (Å²) in [5, 5.41) is 6.34. The van der Waals surface area contributed by atoms with E-state index in [0.29, 0.717) is 12.3 Å². The molecule has 1 saturated heterocycles. The third-order valence-corrected chi connectivity index (χ3v) is 3.96. The Labute approximate surface area is 127 Å². The van der Waals surface area contributed by atoms with E-state index in [4.69, 9.17) is 0 Å². The van der Waals surface area contributed by atoms with Gasteiger partial charge >= 0.3 is 0 Å². The molecule has 1 unspecified atom stereocenters. The largest absolute Gasteiger partial charge is 0.326 e. The molecule has 0 aromatic heterocycles. The Morgan fingerprint density at radius 3 is 2.90 bits per heavy atom. The van der Waals surface area contributed by atoms with Gasteiger partial charge in [0.25, 0.3) is 0 Å². The summed E-state index contributed by atoms with van der Waals surface area (Å²) >= 11 is 0. The molecular formula is C16H25ClN2O. The van der Waals surface area contributed by atoms with E-state index < -0.39 is 0 Å². The van der Waals surface area contributed by atoms with Gasteiger partial charge < -0.3 is 10.6 Å². The van der Waals surface area contributed by atoms with Crippen molar-refractivity contribution in [2.45, 2.75) is 39.5 Å². The highest BCUT2D eigenvalue weighted by Crippen LogP contribution is 2.18. The molecule has 0 spiro atoms. The van der Waals surface area contributed by atoms with E-state index in [0.717, 1.165) is 31.6 Å². The van der Waals surface area contributed by atoms with Crippen molar-refractivity contribution < 1.29 is 4.79 Å². The van der Waals surface area contributed by atoms with Crippen molar-refractivity contribution in [3.8, 4) is 0 Å². The van der Waals surface area contributed by atoms with Gasteiger partial charge in [-0.05, 0) is 68.5 Å². The molecule has 1 atom stereocenters. The highest BCUT2D eigenvalue weighted by atomic mass is 35.5. The molecule has 0 saturated carbocycles. The number of nitrogens with one attached hydrogen (secondary N) is 2. The molecule has 1 amide bonds. The predicted molar refractivity (Wildman–Crippen MR) is 86.6 cm³/mol. The molecular weight excluding hydrogens is 272 g/mol. The van der Waals surface area contributed by atoms with Gasteiger partial charge in [-0.2, -0.15) is 0 Å². The molecule has 0 radical (unpaired) electrons. The Morgan fingerprint density at radius 1 is 1.45 bits per heavy atom. The van der Waals surface area contributed by atoms with Crippen LogP contribution in [0.25, 0.3) is 0 Å². The first-order valence-corrected chi connectivity index (χ1v) is 7.29. The number of carbonyl (C=O) groups is 1. The molecule has 0 bridgehead atoms. The SMILES string of the molecule is CCc1cc(NC(=O)CCC2CCNC2)ccc1C.Cl. The van der Waals surface area contributed by atoms with Crippen molar-refractivity contribution in [3.05, 3.63) is 29.3 Å². The molecule has 2 N–H and O–H groups in total. The Hall–Kier alpha value is -1.06. The molecule has 112 valence electrons. The maximum absolute atomic E-state index is 11.9. The number of hydrogen-bond donors (Lipinski definition) is 2. The van der Waals surface area contributed by atoms with Gasteiger partial charge in [0, 0.05) is 12.1 Å². The van der Waals surface area contributed by atoms with E-state index in [-0.39, 0.29) is 18.3 Å². The number of rotatable bonds is 5. The van der Waals surface area contributed by atoms with Crippen LogP contribution >= 0.6 is 12.4 Å². The van der Waals surface area contributed by atoms with Gasteiger partial charge in [0.2, 0.25) is 5.91 Å². The van der Waals surface area contributed by atoms with Gasteiger partial charge in [0.15, 0.2) is 0 Å². The Morgan fingerprint density at radius 2 is 2.25 bits per heavy atom. The van der Waals surface area contributed by atoms with Gasteiger partial charge in [-0.3, -0.25) is 4.79 Å². The monoisotopic (exact) mass is 296 g/mol. The van der Waals surface area contributed by atoms with Gasteiger partial charge in [0.1, 0.15) is 0 Å². The van der Waals surface area contributed by atoms with Crippen molar-refractivity contribution in [3.63, 3.8) is 0 Å². The molecule has 3 nitrogen and oxygen atoms in total. The first-order chi connectivity index (χ1) is 9.19. The zero-order chi connectivity index (χ0) is 13.7. The van der Waals surface area contributed by atoms with Crippen LogP contribution in [0.2, 0.25) is 0 Å². The summed E-state index contributed by atoms with van der Waals surface area (Å²) in [6, 6.07) is 6.16. The van der Waals surface area contributed by atoms with E-state index in [2.05, 4.69) is 36.6 Å². The summed E-state index contributed by atoms with van der Waals surface area (Å²) in [5.74, 6) is 0.813. The summed E-state index contributed by atoms with van der Waals surface area (Å²) in [7, 11) is 0. The van der Waals surface area contributed by atoms with Crippen molar-refractivity contribution in [2.24, 2.45) is 5.92 Å². The molecule has 1 aromatic carbocycles. The fourth-order valence-corrected chi connectivity index (χ4v) is 2.65. The summed E-state index contributed by atoms with van der Waals surface area (Å²) in [4.78, 5) is 11.9. The number of anilines is 1. The van der Waals surface area contributed by atoms with Crippen LogP contribution in [0.3, 0.4) is 0 Å². The fourth-order valence-electron chi connectivity index (χ4n) is 2.65. The maximum Gasteiger partial charge on any atom is 0.224 e. The zero-order valence-electron chi connectivity index (χ0n) is 12.4. The quantitative estimate of drug-likeness (QED) is 0.875. The van der Waals surface area contributed by atoms with Gasteiger partial charge in [-0.1, -0.05) is 13.0 Å². The summed E-state index contributed by atoms with van der Waals surface area (Å²) in [5.41, 5.74) is 3.52. The van der Waals surface area contributed by atoms with Crippen LogP contribution in [0.4, 0.5) is 5.69 Å². The standard InChI is InChI=1S/C16H24N2O.ClH/c1-3-14-10-15(6-4-12(14)2)18-16(19)7-5-13-8-9-17-11-13;/h4,6,10,13,17H,3,5,7-9,11H2,1-2H3,(H,18,19);1H. The van der Waals surface area contributed by atoms with E-state index in [1.54, 1.807) is 0 Å². The molecule has 1 aliphatic rings. The second kappa shape index (κ2) is 8.28.